The molecule has 2 aromatic rings. The third-order valence-electron chi connectivity index (χ3n) is 4.48. The van der Waals surface area contributed by atoms with Crippen LogP contribution < -0.4 is 10.6 Å². The van der Waals surface area contributed by atoms with Gasteiger partial charge in [0.2, 0.25) is 5.91 Å². The molecule has 0 saturated heterocycles. The van der Waals surface area contributed by atoms with Gasteiger partial charge in [0, 0.05) is 11.4 Å². The number of hydrogen-bond acceptors (Lipinski definition) is 4. The summed E-state index contributed by atoms with van der Waals surface area (Å²) in [7, 11) is 0. The number of para-hydroxylation sites is 1. The van der Waals surface area contributed by atoms with Crippen molar-refractivity contribution in [1.82, 2.24) is 0 Å². The summed E-state index contributed by atoms with van der Waals surface area (Å²) < 4.78 is 4.96. The molecule has 0 saturated carbocycles. The molecule has 0 fully saturated rings. The molecule has 0 unspecified atom stereocenters. The first-order valence-corrected chi connectivity index (χ1v) is 9.77. The van der Waals surface area contributed by atoms with E-state index in [0.717, 1.165) is 5.69 Å². The first-order chi connectivity index (χ1) is 13.3. The van der Waals surface area contributed by atoms with E-state index in [1.807, 2.05) is 0 Å². The normalized spacial score (nSPS) is 10.8. The van der Waals surface area contributed by atoms with Gasteiger partial charge in [-0.25, -0.2) is 4.79 Å². The van der Waals surface area contributed by atoms with Crippen molar-refractivity contribution >= 4 is 23.3 Å². The Labute approximate surface area is 167 Å². The third-order valence-corrected chi connectivity index (χ3v) is 4.48. The van der Waals surface area contributed by atoms with Crippen molar-refractivity contribution in [1.29, 1.82) is 0 Å². The Balaban J connectivity index is 2.04. The minimum atomic E-state index is -0.367. The van der Waals surface area contributed by atoms with E-state index >= 15 is 0 Å². The van der Waals surface area contributed by atoms with Crippen LogP contribution >= 0.6 is 0 Å². The lowest BCUT2D eigenvalue weighted by atomic mass is 9.92. The highest BCUT2D eigenvalue weighted by molar-refractivity contribution is 5.95. The highest BCUT2D eigenvalue weighted by Crippen LogP contribution is 2.32. The smallest absolute Gasteiger partial charge is 0.338 e. The van der Waals surface area contributed by atoms with E-state index in [2.05, 4.69) is 56.5 Å². The zero-order valence-electron chi connectivity index (χ0n) is 17.3. The third kappa shape index (κ3) is 5.59. The van der Waals surface area contributed by atoms with E-state index in [-0.39, 0.29) is 18.4 Å². The van der Waals surface area contributed by atoms with E-state index in [0.29, 0.717) is 29.7 Å². The maximum absolute atomic E-state index is 12.4. The molecule has 150 valence electrons. The van der Waals surface area contributed by atoms with E-state index < -0.39 is 0 Å². The molecule has 0 aliphatic carbocycles. The van der Waals surface area contributed by atoms with Gasteiger partial charge in [-0.1, -0.05) is 45.9 Å². The Morgan fingerprint density at radius 2 is 1.50 bits per heavy atom. The molecule has 1 amide bonds. The van der Waals surface area contributed by atoms with Gasteiger partial charge in [0.15, 0.2) is 0 Å². The maximum atomic E-state index is 12.4. The number of amides is 1. The predicted octanol–water partition coefficient (Wildman–Crippen LogP) is 5.16. The molecule has 2 N–H and O–H groups in total. The first kappa shape index (κ1) is 21.5. The average molecular weight is 383 g/mol. The Hall–Kier alpha value is -2.82. The van der Waals surface area contributed by atoms with Crippen LogP contribution in [0.1, 0.15) is 67.9 Å². The molecule has 5 heteroatoms. The van der Waals surface area contributed by atoms with Crippen LogP contribution in [0.15, 0.2) is 42.5 Å². The molecule has 5 nitrogen and oxygen atoms in total. The Morgan fingerprint density at radius 3 is 2.00 bits per heavy atom. The molecular weight excluding hydrogens is 352 g/mol. The van der Waals surface area contributed by atoms with E-state index in [1.54, 1.807) is 31.2 Å². The zero-order chi connectivity index (χ0) is 20.7. The number of carbonyl (C=O) groups is 2. The minimum absolute atomic E-state index is 0.142. The monoisotopic (exact) mass is 382 g/mol. The summed E-state index contributed by atoms with van der Waals surface area (Å²) in [6.07, 6.45) is 0. The molecule has 0 aliphatic heterocycles. The Kier molecular flexibility index (Phi) is 7.61. The second-order valence-electron chi connectivity index (χ2n) is 7.32. The quantitative estimate of drug-likeness (QED) is 0.619. The van der Waals surface area contributed by atoms with E-state index in [4.69, 9.17) is 4.74 Å². The van der Waals surface area contributed by atoms with Gasteiger partial charge in [-0.2, -0.15) is 0 Å². The fourth-order valence-corrected chi connectivity index (χ4v) is 3.03. The number of anilines is 2. The molecule has 0 aromatic heterocycles. The van der Waals surface area contributed by atoms with Gasteiger partial charge in [0.25, 0.3) is 0 Å². The predicted molar refractivity (Wildman–Crippen MR) is 114 cm³/mol. The van der Waals surface area contributed by atoms with E-state index in [9.17, 15) is 9.59 Å². The van der Waals surface area contributed by atoms with Crippen LogP contribution in [0.4, 0.5) is 11.4 Å². The van der Waals surface area contributed by atoms with Crippen molar-refractivity contribution < 1.29 is 14.3 Å². The summed E-state index contributed by atoms with van der Waals surface area (Å²) in [5.74, 6) is 0.213. The molecule has 0 bridgehead atoms. The second kappa shape index (κ2) is 9.93. The number of ether oxygens (including phenoxy) is 1. The van der Waals surface area contributed by atoms with Gasteiger partial charge in [-0.05, 0) is 54.2 Å². The number of carbonyl (C=O) groups excluding carboxylic acids is 2. The molecule has 2 rings (SSSR count). The minimum Gasteiger partial charge on any atom is -0.462 e. The first-order valence-electron chi connectivity index (χ1n) is 9.77. The van der Waals surface area contributed by atoms with Crippen LogP contribution in [0.3, 0.4) is 0 Å². The van der Waals surface area contributed by atoms with Crippen molar-refractivity contribution in [2.75, 3.05) is 23.8 Å². The standard InChI is InChI=1S/C23H30N2O3/c1-6-28-23(27)17-10-12-18(13-11-17)25-21(26)14-24-22-19(15(2)3)8-7-9-20(22)16(4)5/h7-13,15-16,24H,6,14H2,1-5H3,(H,25,26). The number of rotatable bonds is 8. The lowest BCUT2D eigenvalue weighted by Gasteiger charge is -2.20. The van der Waals surface area contributed by atoms with Crippen molar-refractivity contribution in [3.8, 4) is 0 Å². The molecule has 2 aromatic carbocycles. The second-order valence-corrected chi connectivity index (χ2v) is 7.32. The number of nitrogens with one attached hydrogen (secondary N) is 2. The number of esters is 1. The highest BCUT2D eigenvalue weighted by Gasteiger charge is 2.14. The van der Waals surface area contributed by atoms with Crippen LogP contribution in [-0.4, -0.2) is 25.0 Å². The summed E-state index contributed by atoms with van der Waals surface area (Å²) in [5, 5.41) is 6.18. The molecule has 0 radical (unpaired) electrons. The fourth-order valence-electron chi connectivity index (χ4n) is 3.03. The molecule has 28 heavy (non-hydrogen) atoms. The summed E-state index contributed by atoms with van der Waals surface area (Å²) in [4.78, 5) is 24.1. The average Bonchev–Trinajstić information content (AvgIpc) is 2.66. The largest absolute Gasteiger partial charge is 0.462 e. The summed E-state index contributed by atoms with van der Waals surface area (Å²) in [6.45, 7) is 10.9. The molecule has 0 heterocycles. The lowest BCUT2D eigenvalue weighted by Crippen LogP contribution is -2.23. The van der Waals surface area contributed by atoms with Crippen molar-refractivity contribution in [3.05, 3.63) is 59.2 Å². The van der Waals surface area contributed by atoms with Crippen molar-refractivity contribution in [2.45, 2.75) is 46.5 Å². The zero-order valence-corrected chi connectivity index (χ0v) is 17.3. The van der Waals surface area contributed by atoms with Gasteiger partial charge in [0.05, 0.1) is 18.7 Å². The van der Waals surface area contributed by atoms with Crippen molar-refractivity contribution in [3.63, 3.8) is 0 Å². The Bertz CT molecular complexity index is 785. The molecule has 0 spiro atoms. The van der Waals surface area contributed by atoms with Gasteiger partial charge in [-0.3, -0.25) is 4.79 Å². The van der Waals surface area contributed by atoms with Gasteiger partial charge >= 0.3 is 5.97 Å². The van der Waals surface area contributed by atoms with Crippen LogP contribution in [0, 0.1) is 0 Å². The maximum Gasteiger partial charge on any atom is 0.338 e. The van der Waals surface area contributed by atoms with Crippen LogP contribution in [0.2, 0.25) is 0 Å². The van der Waals surface area contributed by atoms with Crippen LogP contribution in [0.5, 0.6) is 0 Å². The summed E-state index contributed by atoms with van der Waals surface area (Å²) >= 11 is 0. The molecular formula is C23H30N2O3. The SMILES string of the molecule is CCOC(=O)c1ccc(NC(=O)CNc2c(C(C)C)cccc2C(C)C)cc1. The summed E-state index contributed by atoms with van der Waals surface area (Å²) in [6, 6.07) is 13.0. The molecule has 0 aliphatic rings. The molecule has 0 atom stereocenters. The van der Waals surface area contributed by atoms with Gasteiger partial charge < -0.3 is 15.4 Å². The lowest BCUT2D eigenvalue weighted by molar-refractivity contribution is -0.114. The fraction of sp³-hybridized carbons (Fsp3) is 0.391. The van der Waals surface area contributed by atoms with E-state index in [1.165, 1.54) is 11.1 Å². The highest BCUT2D eigenvalue weighted by atomic mass is 16.5. The van der Waals surface area contributed by atoms with Gasteiger partial charge in [0.1, 0.15) is 0 Å². The summed E-state index contributed by atoms with van der Waals surface area (Å²) in [5.41, 5.74) is 4.56. The van der Waals surface area contributed by atoms with Crippen LogP contribution in [0.25, 0.3) is 0 Å². The topological polar surface area (TPSA) is 67.4 Å². The van der Waals surface area contributed by atoms with Gasteiger partial charge in [-0.15, -0.1) is 0 Å². The van der Waals surface area contributed by atoms with Crippen molar-refractivity contribution in [2.24, 2.45) is 0 Å². The Morgan fingerprint density at radius 1 is 0.929 bits per heavy atom. The van der Waals surface area contributed by atoms with Crippen LogP contribution in [-0.2, 0) is 9.53 Å². The number of benzene rings is 2. The number of hydrogen-bond donors (Lipinski definition) is 2.